The number of H-pyrrole nitrogens is 1. The average molecular weight is 408 g/mol. The molecule has 7 rings (SSSR count). The van der Waals surface area contributed by atoms with Crippen LogP contribution in [0.2, 0.25) is 0 Å². The number of rotatable bonds is 4. The van der Waals surface area contributed by atoms with Gasteiger partial charge in [-0.2, -0.15) is 10.4 Å². The molecule has 0 radical (unpaired) electrons. The lowest BCUT2D eigenvalue weighted by molar-refractivity contribution is -0.153. The number of methoxy groups -OCH3 is 1. The minimum Gasteiger partial charge on any atom is -0.494 e. The van der Waals surface area contributed by atoms with Gasteiger partial charge in [0.25, 0.3) is 0 Å². The van der Waals surface area contributed by atoms with E-state index in [2.05, 4.69) is 21.2 Å². The molecule has 7 heteroatoms. The lowest BCUT2D eigenvalue weighted by Crippen LogP contribution is -2.63. The van der Waals surface area contributed by atoms with E-state index in [1.54, 1.807) is 12.1 Å². The molecular formula is C23H25FN4O2. The van der Waals surface area contributed by atoms with Crippen molar-refractivity contribution in [1.29, 1.82) is 5.26 Å². The zero-order valence-corrected chi connectivity index (χ0v) is 17.1. The number of piperidine rings is 2. The summed E-state index contributed by atoms with van der Waals surface area (Å²) in [7, 11) is 1.45. The molecule has 3 heterocycles. The molecule has 156 valence electrons. The van der Waals surface area contributed by atoms with Crippen LogP contribution in [0.5, 0.6) is 5.75 Å². The predicted molar refractivity (Wildman–Crippen MR) is 107 cm³/mol. The van der Waals surface area contributed by atoms with Gasteiger partial charge in [0.05, 0.1) is 35.2 Å². The third-order valence-corrected chi connectivity index (χ3v) is 8.17. The molecule has 2 aromatic rings. The highest BCUT2D eigenvalue weighted by Gasteiger charge is 2.57. The molecule has 1 amide bonds. The number of carbonyl (C=O) groups is 1. The molecule has 0 spiro atoms. The molecule has 3 aliphatic carbocycles. The fraction of sp³-hybridized carbons (Fsp3) is 0.609. The van der Waals surface area contributed by atoms with Gasteiger partial charge in [-0.3, -0.25) is 9.89 Å². The number of nitriles is 1. The summed E-state index contributed by atoms with van der Waals surface area (Å²) >= 11 is 0. The number of amides is 1. The van der Waals surface area contributed by atoms with Crippen LogP contribution >= 0.6 is 0 Å². The summed E-state index contributed by atoms with van der Waals surface area (Å²) in [6.07, 6.45) is 6.75. The number of aromatic nitrogens is 2. The van der Waals surface area contributed by atoms with Crippen LogP contribution in [0.1, 0.15) is 57.1 Å². The van der Waals surface area contributed by atoms with Gasteiger partial charge in [0.2, 0.25) is 5.91 Å². The summed E-state index contributed by atoms with van der Waals surface area (Å²) in [6, 6.07) is 6.29. The second-order valence-corrected chi connectivity index (χ2v) is 9.98. The van der Waals surface area contributed by atoms with Gasteiger partial charge in [0.1, 0.15) is 0 Å². The van der Waals surface area contributed by atoms with Crippen molar-refractivity contribution >= 4 is 16.8 Å². The highest BCUT2D eigenvalue weighted by Crippen LogP contribution is 2.58. The first-order valence-corrected chi connectivity index (χ1v) is 10.9. The lowest BCUT2D eigenvalue weighted by Gasteiger charge is -2.59. The van der Waals surface area contributed by atoms with Gasteiger partial charge in [0.15, 0.2) is 11.6 Å². The minimum atomic E-state index is -0.414. The zero-order chi connectivity index (χ0) is 20.7. The van der Waals surface area contributed by atoms with Gasteiger partial charge >= 0.3 is 0 Å². The summed E-state index contributed by atoms with van der Waals surface area (Å²) < 4.78 is 20.2. The molecule has 2 aliphatic heterocycles. The largest absolute Gasteiger partial charge is 0.494 e. The van der Waals surface area contributed by atoms with Crippen molar-refractivity contribution in [3.63, 3.8) is 0 Å². The maximum absolute atomic E-state index is 15.0. The molecule has 6 nitrogen and oxygen atoms in total. The maximum Gasteiger partial charge on any atom is 0.224 e. The van der Waals surface area contributed by atoms with Crippen LogP contribution in [0, 0.1) is 28.5 Å². The fourth-order valence-electron chi connectivity index (χ4n) is 6.81. The Labute approximate surface area is 174 Å². The van der Waals surface area contributed by atoms with Crippen LogP contribution in [0.3, 0.4) is 0 Å². The highest BCUT2D eigenvalue weighted by atomic mass is 19.1. The molecular weight excluding hydrogens is 383 g/mol. The van der Waals surface area contributed by atoms with Crippen molar-refractivity contribution in [3.05, 3.63) is 23.6 Å². The summed E-state index contributed by atoms with van der Waals surface area (Å²) in [5.41, 5.74) is 0.693. The Bertz CT molecular complexity index is 1080. The maximum atomic E-state index is 15.0. The SMILES string of the molecule is COc1ccc2n[nH]c(C3(CC(=O)N4C5CC6CC4CC(C#N)(C6)C5)CC3)c2c1F. The monoisotopic (exact) mass is 408 g/mol. The van der Waals surface area contributed by atoms with E-state index < -0.39 is 5.82 Å². The van der Waals surface area contributed by atoms with Gasteiger partial charge in [-0.15, -0.1) is 0 Å². The number of aromatic amines is 1. The van der Waals surface area contributed by atoms with Crippen molar-refractivity contribution in [3.8, 4) is 11.8 Å². The smallest absolute Gasteiger partial charge is 0.224 e. The Morgan fingerprint density at radius 2 is 2.07 bits per heavy atom. The minimum absolute atomic E-state index is 0.153. The summed E-state index contributed by atoms with van der Waals surface area (Å²) in [5.74, 6) is 0.516. The molecule has 1 N–H and O–H groups in total. The number of benzene rings is 1. The van der Waals surface area contributed by atoms with E-state index in [1.807, 2.05) is 0 Å². The van der Waals surface area contributed by atoms with Crippen molar-refractivity contribution in [2.75, 3.05) is 7.11 Å². The standard InChI is InChI=1S/C23H25FN4O2/c1-30-17-3-2-16-19(20(17)24)21(27-26-16)23(4-5-23)11-18(29)28-14-6-13-7-15(28)10-22(8-13,9-14)12-25/h2-3,13-15H,4-11H2,1H3,(H,26,27). The molecule has 2 saturated heterocycles. The van der Waals surface area contributed by atoms with Gasteiger partial charge in [-0.1, -0.05) is 0 Å². The summed E-state index contributed by atoms with van der Waals surface area (Å²) in [5, 5.41) is 17.5. The Hall–Kier alpha value is -2.62. The number of halogens is 1. The predicted octanol–water partition coefficient (Wildman–Crippen LogP) is 3.82. The first kappa shape index (κ1) is 18.2. The molecule has 1 aromatic heterocycles. The van der Waals surface area contributed by atoms with E-state index in [4.69, 9.17) is 4.74 Å². The van der Waals surface area contributed by atoms with E-state index >= 15 is 4.39 Å². The van der Waals surface area contributed by atoms with Gasteiger partial charge in [0, 0.05) is 23.9 Å². The number of nitrogens with one attached hydrogen (secondary N) is 1. The zero-order valence-electron chi connectivity index (χ0n) is 17.1. The highest BCUT2D eigenvalue weighted by molar-refractivity contribution is 5.87. The van der Waals surface area contributed by atoms with E-state index in [9.17, 15) is 10.1 Å². The number of hydrogen-bond acceptors (Lipinski definition) is 4. The van der Waals surface area contributed by atoms with Crippen molar-refractivity contribution in [2.24, 2.45) is 11.3 Å². The summed E-state index contributed by atoms with van der Waals surface area (Å²) in [6.45, 7) is 0. The van der Waals surface area contributed by atoms with Crippen molar-refractivity contribution < 1.29 is 13.9 Å². The van der Waals surface area contributed by atoms with Crippen molar-refractivity contribution in [2.45, 2.75) is 68.9 Å². The van der Waals surface area contributed by atoms with Gasteiger partial charge < -0.3 is 9.64 Å². The number of ether oxygens (including phenoxy) is 1. The average Bonchev–Trinajstić information content (AvgIpc) is 3.35. The number of carbonyl (C=O) groups excluding carboxylic acids is 1. The fourth-order valence-corrected chi connectivity index (χ4v) is 6.81. The molecule has 3 saturated carbocycles. The second-order valence-electron chi connectivity index (χ2n) is 9.98. The normalized spacial score (nSPS) is 33.0. The summed E-state index contributed by atoms with van der Waals surface area (Å²) in [4.78, 5) is 15.6. The second kappa shape index (κ2) is 5.96. The number of fused-ring (bicyclic) bond motifs is 1. The van der Waals surface area contributed by atoms with E-state index in [0.29, 0.717) is 23.2 Å². The topological polar surface area (TPSA) is 82.0 Å². The Morgan fingerprint density at radius 3 is 2.70 bits per heavy atom. The molecule has 2 atom stereocenters. The Kier molecular flexibility index (Phi) is 3.61. The van der Waals surface area contributed by atoms with Crippen LogP contribution in [0.15, 0.2) is 12.1 Å². The third-order valence-electron chi connectivity index (χ3n) is 8.17. The Balaban J connectivity index is 1.30. The number of nitrogens with zero attached hydrogens (tertiary/aromatic N) is 3. The van der Waals surface area contributed by atoms with Crippen LogP contribution < -0.4 is 4.74 Å². The first-order chi connectivity index (χ1) is 14.5. The molecule has 5 fully saturated rings. The molecule has 5 aliphatic rings. The molecule has 4 bridgehead atoms. The third kappa shape index (κ3) is 2.39. The quantitative estimate of drug-likeness (QED) is 0.834. The van der Waals surface area contributed by atoms with E-state index in [-0.39, 0.29) is 34.6 Å². The van der Waals surface area contributed by atoms with Crippen LogP contribution in [0.25, 0.3) is 10.9 Å². The lowest BCUT2D eigenvalue weighted by atomic mass is 9.56. The molecule has 30 heavy (non-hydrogen) atoms. The van der Waals surface area contributed by atoms with Gasteiger partial charge in [-0.05, 0) is 63.0 Å². The number of hydrogen-bond donors (Lipinski definition) is 1. The molecule has 1 aromatic carbocycles. The first-order valence-electron chi connectivity index (χ1n) is 10.9. The van der Waals surface area contributed by atoms with Crippen molar-refractivity contribution in [1.82, 2.24) is 15.1 Å². The van der Waals surface area contributed by atoms with Crippen LogP contribution in [0.4, 0.5) is 4.39 Å². The van der Waals surface area contributed by atoms with E-state index in [0.717, 1.165) is 50.6 Å². The molecule has 2 unspecified atom stereocenters. The van der Waals surface area contributed by atoms with Crippen LogP contribution in [-0.4, -0.2) is 40.2 Å². The van der Waals surface area contributed by atoms with Crippen LogP contribution in [-0.2, 0) is 10.2 Å². The van der Waals surface area contributed by atoms with Gasteiger partial charge in [-0.25, -0.2) is 4.39 Å². The Morgan fingerprint density at radius 1 is 1.33 bits per heavy atom. The van der Waals surface area contributed by atoms with E-state index in [1.165, 1.54) is 7.11 Å².